The Labute approximate surface area is 112 Å². The quantitative estimate of drug-likeness (QED) is 0.785. The van der Waals surface area contributed by atoms with E-state index >= 15 is 0 Å². The molecule has 1 amide bonds. The molecular weight excluding hydrogens is 246 g/mol. The Kier molecular flexibility index (Phi) is 3.06. The Morgan fingerprint density at radius 2 is 2.32 bits per heavy atom. The Hall–Kier alpha value is -1.40. The van der Waals surface area contributed by atoms with Crippen LogP contribution < -0.4 is 0 Å². The lowest BCUT2D eigenvalue weighted by molar-refractivity contribution is -0.136. The van der Waals surface area contributed by atoms with Gasteiger partial charge < -0.3 is 14.2 Å². The fourth-order valence-corrected chi connectivity index (χ4v) is 3.28. The fourth-order valence-electron chi connectivity index (χ4n) is 3.28. The van der Waals surface area contributed by atoms with Crippen LogP contribution in [0.15, 0.2) is 10.6 Å². The molecule has 2 aliphatic rings. The van der Waals surface area contributed by atoms with Crippen molar-refractivity contribution in [3.63, 3.8) is 0 Å². The number of methoxy groups -OCH3 is 1. The third-order valence-corrected chi connectivity index (χ3v) is 4.20. The van der Waals surface area contributed by atoms with Crippen molar-refractivity contribution in [3.05, 3.63) is 17.5 Å². The normalized spacial score (nSPS) is 31.2. The van der Waals surface area contributed by atoms with E-state index in [4.69, 9.17) is 9.26 Å². The summed E-state index contributed by atoms with van der Waals surface area (Å²) in [6.07, 6.45) is -0.293. The summed E-state index contributed by atoms with van der Waals surface area (Å²) in [6.45, 7) is 4.40. The highest BCUT2D eigenvalue weighted by Crippen LogP contribution is 2.33. The number of aryl methyl sites for hydroxylation is 1. The maximum atomic E-state index is 12.0. The first-order chi connectivity index (χ1) is 9.10. The van der Waals surface area contributed by atoms with Crippen LogP contribution in [0, 0.1) is 12.8 Å². The highest BCUT2D eigenvalue weighted by molar-refractivity contribution is 5.84. The molecule has 3 rings (SSSR count). The van der Waals surface area contributed by atoms with Gasteiger partial charge in [-0.25, -0.2) is 0 Å². The third kappa shape index (κ3) is 2.04. The molecule has 1 aromatic rings. The van der Waals surface area contributed by atoms with Crippen molar-refractivity contribution < 1.29 is 14.1 Å². The van der Waals surface area contributed by atoms with Gasteiger partial charge in [0.1, 0.15) is 11.9 Å². The topological polar surface area (TPSA) is 58.8 Å². The van der Waals surface area contributed by atoms with Gasteiger partial charge in [0.2, 0.25) is 0 Å². The van der Waals surface area contributed by atoms with Crippen LogP contribution in [-0.4, -0.2) is 60.3 Å². The first kappa shape index (κ1) is 12.6. The highest BCUT2D eigenvalue weighted by Gasteiger charge is 2.51. The minimum atomic E-state index is -0.293. The Balaban J connectivity index is 1.69. The van der Waals surface area contributed by atoms with Gasteiger partial charge in [0.05, 0.1) is 11.7 Å². The van der Waals surface area contributed by atoms with Crippen molar-refractivity contribution in [1.29, 1.82) is 0 Å². The van der Waals surface area contributed by atoms with Crippen molar-refractivity contribution in [3.8, 4) is 0 Å². The molecule has 6 nitrogen and oxygen atoms in total. The molecular formula is C13H19N3O3. The molecule has 1 aromatic heterocycles. The zero-order valence-corrected chi connectivity index (χ0v) is 11.5. The van der Waals surface area contributed by atoms with Crippen LogP contribution in [0.4, 0.5) is 0 Å². The molecule has 2 saturated heterocycles. The van der Waals surface area contributed by atoms with Gasteiger partial charge in [0, 0.05) is 45.8 Å². The predicted molar refractivity (Wildman–Crippen MR) is 67.4 cm³/mol. The molecule has 0 bridgehead atoms. The Bertz CT molecular complexity index is 487. The van der Waals surface area contributed by atoms with Crippen LogP contribution in [0.5, 0.6) is 0 Å². The number of hydrogen-bond acceptors (Lipinski definition) is 5. The maximum Gasteiger partial charge on any atom is 0.252 e. The number of carbonyl (C=O) groups excluding carboxylic acids is 1. The summed E-state index contributed by atoms with van der Waals surface area (Å²) in [7, 11) is 3.48. The van der Waals surface area contributed by atoms with Gasteiger partial charge in [-0.15, -0.1) is 0 Å². The number of fused-ring (bicyclic) bond motifs is 1. The summed E-state index contributed by atoms with van der Waals surface area (Å²) in [5.41, 5.74) is 0.945. The fraction of sp³-hybridized carbons (Fsp3) is 0.692. The zero-order valence-electron chi connectivity index (χ0n) is 11.5. The number of carbonyl (C=O) groups is 1. The van der Waals surface area contributed by atoms with E-state index in [2.05, 4.69) is 10.1 Å². The van der Waals surface area contributed by atoms with Gasteiger partial charge >= 0.3 is 0 Å². The minimum absolute atomic E-state index is 0.106. The first-order valence-corrected chi connectivity index (χ1v) is 6.54. The molecule has 0 spiro atoms. The van der Waals surface area contributed by atoms with Gasteiger partial charge in [0.15, 0.2) is 0 Å². The number of hydrogen-bond donors (Lipinski definition) is 0. The maximum absolute atomic E-state index is 12.0. The smallest absolute Gasteiger partial charge is 0.252 e. The van der Waals surface area contributed by atoms with E-state index in [-0.39, 0.29) is 24.0 Å². The monoisotopic (exact) mass is 265 g/mol. The van der Waals surface area contributed by atoms with Crippen LogP contribution in [0.2, 0.25) is 0 Å². The number of likely N-dealkylation sites (N-methyl/N-ethyl adjacent to an activating group) is 1. The lowest BCUT2D eigenvalue weighted by Gasteiger charge is -2.20. The van der Waals surface area contributed by atoms with Gasteiger partial charge in [-0.05, 0) is 6.92 Å². The molecule has 0 radical (unpaired) electrons. The van der Waals surface area contributed by atoms with Crippen molar-refractivity contribution >= 4 is 5.91 Å². The summed E-state index contributed by atoms with van der Waals surface area (Å²) in [5.74, 6) is 1.20. The molecule has 0 aromatic carbocycles. The molecule has 2 fully saturated rings. The second-order valence-corrected chi connectivity index (χ2v) is 5.46. The number of nitrogens with zero attached hydrogens (tertiary/aromatic N) is 3. The van der Waals surface area contributed by atoms with Gasteiger partial charge in [-0.1, -0.05) is 5.16 Å². The summed E-state index contributed by atoms with van der Waals surface area (Å²) < 4.78 is 10.4. The molecule has 104 valence electrons. The third-order valence-electron chi connectivity index (χ3n) is 4.20. The standard InChI is InChI=1S/C13H19N3O3/c1-8-4-9(14-19-8)5-16-6-10-11(7-16)15(2)13(17)12(10)18-3/h4,10-12H,5-7H2,1-3H3/t10-,11+,12-/m0/s1. The molecule has 3 heterocycles. The van der Waals surface area contributed by atoms with Crippen molar-refractivity contribution in [2.75, 3.05) is 27.2 Å². The highest BCUT2D eigenvalue weighted by atomic mass is 16.5. The second-order valence-electron chi connectivity index (χ2n) is 5.46. The van der Waals surface area contributed by atoms with E-state index in [1.54, 1.807) is 7.11 Å². The van der Waals surface area contributed by atoms with Crippen LogP contribution in [0.25, 0.3) is 0 Å². The lowest BCUT2D eigenvalue weighted by atomic mass is 10.0. The summed E-state index contributed by atoms with van der Waals surface area (Å²) in [5, 5.41) is 4.02. The number of aromatic nitrogens is 1. The number of amides is 1. The predicted octanol–water partition coefficient (Wildman–Crippen LogP) is 0.270. The Morgan fingerprint density at radius 1 is 1.53 bits per heavy atom. The van der Waals surface area contributed by atoms with E-state index in [0.29, 0.717) is 0 Å². The lowest BCUT2D eigenvalue weighted by Crippen LogP contribution is -2.36. The molecule has 0 saturated carbocycles. The molecule has 0 aliphatic carbocycles. The van der Waals surface area contributed by atoms with Gasteiger partial charge in [0.25, 0.3) is 5.91 Å². The van der Waals surface area contributed by atoms with E-state index in [0.717, 1.165) is 31.1 Å². The average molecular weight is 265 g/mol. The van der Waals surface area contributed by atoms with E-state index < -0.39 is 0 Å². The van der Waals surface area contributed by atoms with E-state index in [1.165, 1.54) is 0 Å². The number of likely N-dealkylation sites (tertiary alicyclic amines) is 2. The SMILES string of the molecule is CO[C@@H]1C(=O)N(C)[C@@H]2CN(Cc3cc(C)on3)C[C@H]12. The second kappa shape index (κ2) is 4.61. The van der Waals surface area contributed by atoms with E-state index in [1.807, 2.05) is 24.9 Å². The van der Waals surface area contributed by atoms with Crippen LogP contribution in [-0.2, 0) is 16.1 Å². The summed E-state index contributed by atoms with van der Waals surface area (Å²) in [4.78, 5) is 16.1. The molecule has 3 atom stereocenters. The Morgan fingerprint density at radius 3 is 2.95 bits per heavy atom. The summed E-state index contributed by atoms with van der Waals surface area (Å²) in [6, 6.07) is 2.21. The number of ether oxygens (including phenoxy) is 1. The van der Waals surface area contributed by atoms with Crippen LogP contribution in [0.1, 0.15) is 11.5 Å². The van der Waals surface area contributed by atoms with Crippen LogP contribution in [0.3, 0.4) is 0 Å². The molecule has 19 heavy (non-hydrogen) atoms. The first-order valence-electron chi connectivity index (χ1n) is 6.54. The molecule has 2 aliphatic heterocycles. The molecule has 6 heteroatoms. The largest absolute Gasteiger partial charge is 0.371 e. The molecule has 0 N–H and O–H groups in total. The average Bonchev–Trinajstić information content (AvgIpc) is 3.01. The van der Waals surface area contributed by atoms with Gasteiger partial charge in [-0.2, -0.15) is 0 Å². The minimum Gasteiger partial charge on any atom is -0.371 e. The van der Waals surface area contributed by atoms with E-state index in [9.17, 15) is 4.79 Å². The van der Waals surface area contributed by atoms with Gasteiger partial charge in [-0.3, -0.25) is 9.69 Å². The van der Waals surface area contributed by atoms with Crippen molar-refractivity contribution in [2.45, 2.75) is 25.6 Å². The number of rotatable bonds is 3. The van der Waals surface area contributed by atoms with Crippen molar-refractivity contribution in [1.82, 2.24) is 15.0 Å². The zero-order chi connectivity index (χ0) is 13.6. The molecule has 0 unspecified atom stereocenters. The van der Waals surface area contributed by atoms with Crippen molar-refractivity contribution in [2.24, 2.45) is 5.92 Å². The van der Waals surface area contributed by atoms with Crippen LogP contribution >= 0.6 is 0 Å². The summed E-state index contributed by atoms with van der Waals surface area (Å²) >= 11 is 0.